The molecule has 6 nitrogen and oxygen atoms in total. The Morgan fingerprint density at radius 3 is 2.68 bits per heavy atom. The summed E-state index contributed by atoms with van der Waals surface area (Å²) in [4.78, 5) is 22.4. The average molecular weight is 266 g/mol. The zero-order valence-electron chi connectivity index (χ0n) is 10.5. The number of carbonyl (C=O) groups excluding carboxylic acids is 1. The Bertz CT molecular complexity index is 448. The van der Waals surface area contributed by atoms with Gasteiger partial charge in [-0.3, -0.25) is 4.79 Å². The lowest BCUT2D eigenvalue weighted by molar-refractivity contribution is -0.142. The average Bonchev–Trinajstić information content (AvgIpc) is 2.36. The zero-order chi connectivity index (χ0) is 14.3. The lowest BCUT2D eigenvalue weighted by atomic mass is 10.1. The van der Waals surface area contributed by atoms with Gasteiger partial charge in [-0.25, -0.2) is 4.79 Å². The Labute approximate surface area is 111 Å². The molecule has 0 fully saturated rings. The lowest BCUT2D eigenvalue weighted by Crippen LogP contribution is -2.41. The molecule has 1 rings (SSSR count). The number of hydrogen-bond acceptors (Lipinski definition) is 4. The molecule has 1 aromatic carbocycles. The van der Waals surface area contributed by atoms with E-state index in [0.717, 1.165) is 5.56 Å². The second-order valence-electron chi connectivity index (χ2n) is 4.22. The molecule has 0 bridgehead atoms. The van der Waals surface area contributed by atoms with Gasteiger partial charge in [-0.15, -0.1) is 0 Å². The fourth-order valence-electron chi connectivity index (χ4n) is 1.66. The highest BCUT2D eigenvalue weighted by atomic mass is 16.4. The number of carboxylic acid groups (broad SMARTS) is 1. The minimum absolute atomic E-state index is 0.000636. The van der Waals surface area contributed by atoms with Gasteiger partial charge in [0.2, 0.25) is 5.91 Å². The van der Waals surface area contributed by atoms with Gasteiger partial charge < -0.3 is 21.3 Å². The summed E-state index contributed by atoms with van der Waals surface area (Å²) in [6.45, 7) is -0.285. The first-order chi connectivity index (χ1) is 9.02. The molecule has 0 aliphatic carbocycles. The Morgan fingerprint density at radius 2 is 2.11 bits per heavy atom. The molecule has 0 spiro atoms. The van der Waals surface area contributed by atoms with Gasteiger partial charge in [-0.05, 0) is 24.1 Å². The highest BCUT2D eigenvalue weighted by Gasteiger charge is 2.18. The van der Waals surface area contributed by atoms with Crippen molar-refractivity contribution < 1.29 is 19.8 Å². The van der Waals surface area contributed by atoms with Crippen LogP contribution in [0.3, 0.4) is 0 Å². The van der Waals surface area contributed by atoms with Crippen molar-refractivity contribution in [2.75, 3.05) is 12.3 Å². The largest absolute Gasteiger partial charge is 0.480 e. The van der Waals surface area contributed by atoms with Crippen molar-refractivity contribution in [3.63, 3.8) is 0 Å². The fraction of sp³-hybridized carbons (Fsp3) is 0.385. The van der Waals surface area contributed by atoms with Crippen molar-refractivity contribution in [2.24, 2.45) is 0 Å². The van der Waals surface area contributed by atoms with Gasteiger partial charge in [-0.1, -0.05) is 12.1 Å². The van der Waals surface area contributed by atoms with Crippen LogP contribution in [0.1, 0.15) is 18.4 Å². The first-order valence-electron chi connectivity index (χ1n) is 6.00. The van der Waals surface area contributed by atoms with E-state index in [2.05, 4.69) is 5.32 Å². The molecular weight excluding hydrogens is 248 g/mol. The number of hydrogen-bond donors (Lipinski definition) is 4. The number of nitrogens with one attached hydrogen (secondary N) is 1. The third-order valence-corrected chi connectivity index (χ3v) is 2.64. The van der Waals surface area contributed by atoms with Crippen LogP contribution in [-0.4, -0.2) is 34.7 Å². The standard InChI is InChI=1S/C13H18N2O4/c14-10-3-1-2-9(8-10)4-5-12(17)15-11(6-7-16)13(18)19/h1-3,8,11,16H,4-7,14H2,(H,15,17)(H,18,19)/t11-/m0/s1. The summed E-state index contributed by atoms with van der Waals surface area (Å²) < 4.78 is 0. The number of aliphatic hydroxyl groups excluding tert-OH is 1. The van der Waals surface area contributed by atoms with E-state index in [1.807, 2.05) is 6.07 Å². The van der Waals surface area contributed by atoms with Crippen molar-refractivity contribution in [3.05, 3.63) is 29.8 Å². The first-order valence-corrected chi connectivity index (χ1v) is 6.00. The molecule has 0 saturated carbocycles. The summed E-state index contributed by atoms with van der Waals surface area (Å²) in [5.74, 6) is -1.50. The predicted octanol–water partition coefficient (Wildman–Crippen LogP) is 0.153. The quantitative estimate of drug-likeness (QED) is 0.525. The van der Waals surface area contributed by atoms with Gasteiger partial charge in [0.1, 0.15) is 6.04 Å². The number of rotatable bonds is 7. The van der Waals surface area contributed by atoms with Crippen molar-refractivity contribution in [1.29, 1.82) is 0 Å². The van der Waals surface area contributed by atoms with E-state index in [-0.39, 0.29) is 25.4 Å². The summed E-state index contributed by atoms with van der Waals surface area (Å²) in [6.07, 6.45) is 0.667. The van der Waals surface area contributed by atoms with Crippen LogP contribution in [0.25, 0.3) is 0 Å². The first kappa shape index (κ1) is 15.0. The van der Waals surface area contributed by atoms with Crippen LogP contribution >= 0.6 is 0 Å². The number of anilines is 1. The molecule has 0 aliphatic rings. The molecule has 0 radical (unpaired) electrons. The topological polar surface area (TPSA) is 113 Å². The smallest absolute Gasteiger partial charge is 0.326 e. The van der Waals surface area contributed by atoms with Gasteiger partial charge in [-0.2, -0.15) is 0 Å². The molecule has 0 aromatic heterocycles. The van der Waals surface area contributed by atoms with Crippen LogP contribution in [0.4, 0.5) is 5.69 Å². The number of aryl methyl sites for hydroxylation is 1. The van der Waals surface area contributed by atoms with Gasteiger partial charge in [0.25, 0.3) is 0 Å². The zero-order valence-corrected chi connectivity index (χ0v) is 10.5. The monoisotopic (exact) mass is 266 g/mol. The number of carboxylic acids is 1. The maximum absolute atomic E-state index is 11.6. The summed E-state index contributed by atoms with van der Waals surface area (Å²) in [5, 5.41) is 19.9. The predicted molar refractivity (Wildman–Crippen MR) is 70.4 cm³/mol. The van der Waals surface area contributed by atoms with E-state index in [4.69, 9.17) is 15.9 Å². The van der Waals surface area contributed by atoms with Crippen LogP contribution in [0.5, 0.6) is 0 Å². The van der Waals surface area contributed by atoms with E-state index in [1.165, 1.54) is 0 Å². The van der Waals surface area contributed by atoms with Gasteiger partial charge in [0, 0.05) is 25.1 Å². The molecule has 1 amide bonds. The molecule has 0 unspecified atom stereocenters. The summed E-state index contributed by atoms with van der Waals surface area (Å²) in [5.41, 5.74) is 7.17. The molecule has 1 atom stereocenters. The van der Waals surface area contributed by atoms with Crippen molar-refractivity contribution in [1.82, 2.24) is 5.32 Å². The third-order valence-electron chi connectivity index (χ3n) is 2.64. The molecule has 19 heavy (non-hydrogen) atoms. The number of carbonyl (C=O) groups is 2. The summed E-state index contributed by atoms with van der Waals surface area (Å²) in [6, 6.07) is 6.14. The van der Waals surface area contributed by atoms with Crippen LogP contribution < -0.4 is 11.1 Å². The van der Waals surface area contributed by atoms with E-state index in [1.54, 1.807) is 18.2 Å². The molecule has 1 aromatic rings. The van der Waals surface area contributed by atoms with Gasteiger partial charge in [0.05, 0.1) is 0 Å². The molecule has 0 heterocycles. The minimum Gasteiger partial charge on any atom is -0.480 e. The molecule has 5 N–H and O–H groups in total. The summed E-state index contributed by atoms with van der Waals surface area (Å²) >= 11 is 0. The highest BCUT2D eigenvalue weighted by molar-refractivity contribution is 5.83. The van der Waals surface area contributed by atoms with Gasteiger partial charge >= 0.3 is 5.97 Å². The molecule has 104 valence electrons. The lowest BCUT2D eigenvalue weighted by Gasteiger charge is -2.13. The van der Waals surface area contributed by atoms with E-state index in [0.29, 0.717) is 12.1 Å². The van der Waals surface area contributed by atoms with E-state index < -0.39 is 12.0 Å². The number of aliphatic carboxylic acids is 1. The molecular formula is C13H18N2O4. The van der Waals surface area contributed by atoms with E-state index >= 15 is 0 Å². The Kier molecular flexibility index (Phi) is 5.81. The highest BCUT2D eigenvalue weighted by Crippen LogP contribution is 2.08. The Balaban J connectivity index is 2.44. The van der Waals surface area contributed by atoms with Crippen molar-refractivity contribution in [3.8, 4) is 0 Å². The third kappa shape index (κ3) is 5.39. The summed E-state index contributed by atoms with van der Waals surface area (Å²) in [7, 11) is 0. The molecule has 6 heteroatoms. The number of nitrogens with two attached hydrogens (primary N) is 1. The van der Waals surface area contributed by atoms with Crippen molar-refractivity contribution >= 4 is 17.6 Å². The van der Waals surface area contributed by atoms with E-state index in [9.17, 15) is 9.59 Å². The number of amides is 1. The normalized spacial score (nSPS) is 11.8. The van der Waals surface area contributed by atoms with Crippen LogP contribution in [0.15, 0.2) is 24.3 Å². The number of benzene rings is 1. The second kappa shape index (κ2) is 7.38. The molecule has 0 saturated heterocycles. The maximum atomic E-state index is 11.6. The SMILES string of the molecule is Nc1cccc(CCC(=O)N[C@@H](CCO)C(=O)O)c1. The van der Waals surface area contributed by atoms with Crippen LogP contribution in [0.2, 0.25) is 0 Å². The fourth-order valence-corrected chi connectivity index (χ4v) is 1.66. The van der Waals surface area contributed by atoms with Crippen LogP contribution in [-0.2, 0) is 16.0 Å². The maximum Gasteiger partial charge on any atom is 0.326 e. The van der Waals surface area contributed by atoms with Gasteiger partial charge in [0.15, 0.2) is 0 Å². The Hall–Kier alpha value is -2.08. The van der Waals surface area contributed by atoms with Crippen LogP contribution in [0, 0.1) is 0 Å². The number of nitrogen functional groups attached to an aromatic ring is 1. The number of aliphatic hydroxyl groups is 1. The molecule has 0 aliphatic heterocycles. The Morgan fingerprint density at radius 1 is 1.37 bits per heavy atom. The van der Waals surface area contributed by atoms with Crippen molar-refractivity contribution in [2.45, 2.75) is 25.3 Å². The second-order valence-corrected chi connectivity index (χ2v) is 4.22. The minimum atomic E-state index is -1.15.